The lowest BCUT2D eigenvalue weighted by molar-refractivity contribution is 0.268. The molecule has 0 bridgehead atoms. The Hall–Kier alpha value is -7.67. The standard InChI is InChI=1S/C60H44N2O3Si3/c1-6-24-47(25-7-1)66(48-26-8-2-9-27-48)63-67(49-28-10-3-11-29-49,50-30-12-4-13-31-50)65-68(64-66,51-32-14-5-15-33-51)52-34-22-23-45(43-52)61-59-40-21-18-37-55(59)56-44-46(41-42-60(56)61)62-57-38-19-16-35-53(57)54-36-17-20-39-58(54)62/h1-44H/i16D,17D,18D,19D,20D,21D,35D,36D,37D,38D,39D,40D,41D,42D,44D. The van der Waals surface area contributed by atoms with E-state index in [9.17, 15) is 9.60 Å². The van der Waals surface area contributed by atoms with Crippen molar-refractivity contribution in [3.8, 4) is 11.4 Å². The fraction of sp³-hybridized carbons (Fsp3) is 0. The fourth-order valence-corrected chi connectivity index (χ4v) is 26.5. The van der Waals surface area contributed by atoms with Crippen LogP contribution in [-0.2, 0) is 12.3 Å². The molecule has 0 spiro atoms. The Morgan fingerprint density at radius 2 is 0.618 bits per heavy atom. The first-order chi connectivity index (χ1) is 39.9. The van der Waals surface area contributed by atoms with Crippen molar-refractivity contribution in [3.63, 3.8) is 0 Å². The van der Waals surface area contributed by atoms with Gasteiger partial charge >= 0.3 is 25.7 Å². The molecule has 1 saturated heterocycles. The van der Waals surface area contributed by atoms with E-state index in [2.05, 4.69) is 0 Å². The second-order valence-electron chi connectivity index (χ2n) is 16.3. The summed E-state index contributed by atoms with van der Waals surface area (Å²) in [6.45, 7) is 0. The van der Waals surface area contributed by atoms with E-state index in [-0.39, 0.29) is 49.3 Å². The molecule has 0 amide bonds. The molecule has 12 aromatic rings. The van der Waals surface area contributed by atoms with Crippen LogP contribution in [0.2, 0.25) is 0 Å². The molecule has 0 aliphatic carbocycles. The van der Waals surface area contributed by atoms with Crippen molar-refractivity contribution in [3.05, 3.63) is 267 Å². The molecule has 0 radical (unpaired) electrons. The third-order valence-corrected chi connectivity index (χ3v) is 26.0. The van der Waals surface area contributed by atoms with Crippen molar-refractivity contribution < 1.29 is 32.9 Å². The molecular formula is C60H44N2O3Si3. The number of nitrogens with zero attached hydrogens (tertiary/aromatic N) is 2. The van der Waals surface area contributed by atoms with Gasteiger partial charge in [-0.05, 0) is 79.5 Å². The first-order valence-corrected chi connectivity index (χ1v) is 27.4. The zero-order valence-electron chi connectivity index (χ0n) is 50.9. The van der Waals surface area contributed by atoms with E-state index < -0.39 is 122 Å². The number of fused-ring (bicyclic) bond motifs is 6. The van der Waals surface area contributed by atoms with Gasteiger partial charge in [0.1, 0.15) is 0 Å². The summed E-state index contributed by atoms with van der Waals surface area (Å²) in [5.41, 5.74) is -1.42. The Bertz CT molecular complexity index is 4430. The van der Waals surface area contributed by atoms with Crippen LogP contribution in [0.25, 0.3) is 55.0 Å². The predicted molar refractivity (Wildman–Crippen MR) is 286 cm³/mol. The van der Waals surface area contributed by atoms with Gasteiger partial charge in [0, 0.05) is 32.9 Å². The van der Waals surface area contributed by atoms with Crippen LogP contribution in [-0.4, -0.2) is 34.8 Å². The summed E-state index contributed by atoms with van der Waals surface area (Å²) in [7, 11) is -12.4. The summed E-state index contributed by atoms with van der Waals surface area (Å²) in [6, 6.07) is 46.3. The van der Waals surface area contributed by atoms with Crippen LogP contribution >= 0.6 is 0 Å². The maximum Gasteiger partial charge on any atom is 0.390 e. The van der Waals surface area contributed by atoms with E-state index >= 15 is 0 Å². The normalized spacial score (nSPS) is 18.3. The lowest BCUT2D eigenvalue weighted by Gasteiger charge is -2.53. The van der Waals surface area contributed by atoms with Gasteiger partial charge in [0.2, 0.25) is 0 Å². The molecule has 1 aliphatic rings. The van der Waals surface area contributed by atoms with Crippen molar-refractivity contribution >= 4 is 100 Å². The van der Waals surface area contributed by atoms with Gasteiger partial charge in [-0.15, -0.1) is 0 Å². The summed E-state index contributed by atoms with van der Waals surface area (Å²) in [6.07, 6.45) is 0. The summed E-state index contributed by atoms with van der Waals surface area (Å²) in [4.78, 5) is 0. The molecule has 0 atom stereocenters. The largest absolute Gasteiger partial charge is 0.402 e. The fourth-order valence-electron chi connectivity index (χ4n) is 9.53. The number of benzene rings is 10. The second-order valence-corrected chi connectivity index (χ2v) is 25.9. The highest BCUT2D eigenvalue weighted by Crippen LogP contribution is 2.38. The maximum atomic E-state index is 10.2. The Kier molecular flexibility index (Phi) is 6.67. The van der Waals surface area contributed by atoms with Gasteiger partial charge in [0.05, 0.1) is 42.6 Å². The molecule has 10 aromatic carbocycles. The minimum Gasteiger partial charge on any atom is -0.402 e. The molecule has 0 saturated carbocycles. The molecule has 8 heteroatoms. The van der Waals surface area contributed by atoms with Crippen LogP contribution < -0.4 is 31.1 Å². The van der Waals surface area contributed by atoms with Gasteiger partial charge in [-0.25, -0.2) is 0 Å². The van der Waals surface area contributed by atoms with Crippen LogP contribution in [0, 0.1) is 0 Å². The highest BCUT2D eigenvalue weighted by atomic mass is 28.5. The van der Waals surface area contributed by atoms with E-state index in [0.717, 1.165) is 25.3 Å². The summed E-state index contributed by atoms with van der Waals surface area (Å²) in [5.74, 6) is 0. The van der Waals surface area contributed by atoms with Gasteiger partial charge < -0.3 is 21.5 Å². The quantitative estimate of drug-likeness (QED) is 0.143. The molecule has 0 N–H and O–H groups in total. The third kappa shape index (κ3) is 6.31. The molecule has 5 nitrogen and oxygen atoms in total. The smallest absolute Gasteiger partial charge is 0.390 e. The van der Waals surface area contributed by atoms with Crippen molar-refractivity contribution in [1.29, 1.82) is 0 Å². The van der Waals surface area contributed by atoms with Gasteiger partial charge in [-0.1, -0.05) is 218 Å². The van der Waals surface area contributed by atoms with E-state index in [1.807, 2.05) is 158 Å². The van der Waals surface area contributed by atoms with Crippen LogP contribution in [0.15, 0.2) is 267 Å². The average molecular weight is 940 g/mol. The lowest BCUT2D eigenvalue weighted by atomic mass is 10.1. The molecule has 1 aliphatic heterocycles. The lowest BCUT2D eigenvalue weighted by Crippen LogP contribution is -2.88. The van der Waals surface area contributed by atoms with Crippen molar-refractivity contribution in [2.24, 2.45) is 0 Å². The van der Waals surface area contributed by atoms with Gasteiger partial charge in [0.15, 0.2) is 0 Å². The van der Waals surface area contributed by atoms with Crippen molar-refractivity contribution in [2.45, 2.75) is 0 Å². The monoisotopic (exact) mass is 939 g/mol. The Morgan fingerprint density at radius 3 is 1.03 bits per heavy atom. The highest BCUT2D eigenvalue weighted by molar-refractivity contribution is 7.16. The number of aromatic nitrogens is 2. The van der Waals surface area contributed by atoms with E-state index in [1.165, 1.54) is 4.57 Å². The van der Waals surface area contributed by atoms with Crippen molar-refractivity contribution in [1.82, 2.24) is 9.13 Å². The van der Waals surface area contributed by atoms with Crippen LogP contribution in [0.5, 0.6) is 0 Å². The van der Waals surface area contributed by atoms with Gasteiger partial charge in [-0.2, -0.15) is 0 Å². The SMILES string of the molecule is [2H]c1c([2H])c([2H])c2c(c1[2H])c1c([2H])c(-n3c4c([2H])c([2H])c([2H])c([2H])c4c4c([2H])c([2H])c([2H])c([2H])c43)c([2H])c([2H])c1n2-c1cccc([Si]2(c3ccccc3)O[Si](c3ccccc3)(c3ccccc3)O[Si](c3ccccc3)(c3ccccc3)O2)c1. The number of hydrogen-bond donors (Lipinski definition) is 0. The summed E-state index contributed by atoms with van der Waals surface area (Å²) < 4.78 is 165. The van der Waals surface area contributed by atoms with E-state index in [4.69, 9.17) is 23.3 Å². The first kappa shape index (κ1) is 27.8. The zero-order chi connectivity index (χ0) is 58.2. The Balaban J connectivity index is 1.17. The number of para-hydroxylation sites is 3. The topological polar surface area (TPSA) is 37.5 Å². The molecule has 68 heavy (non-hydrogen) atoms. The van der Waals surface area contributed by atoms with Crippen LogP contribution in [0.1, 0.15) is 20.6 Å². The van der Waals surface area contributed by atoms with Gasteiger partial charge in [0.25, 0.3) is 0 Å². The Labute approximate surface area is 419 Å². The van der Waals surface area contributed by atoms with Crippen LogP contribution in [0.4, 0.5) is 0 Å². The summed E-state index contributed by atoms with van der Waals surface area (Å²) in [5, 5.41) is 3.37. The van der Waals surface area contributed by atoms with Crippen molar-refractivity contribution in [2.75, 3.05) is 0 Å². The molecule has 3 heterocycles. The second kappa shape index (κ2) is 16.3. The Morgan fingerprint density at radius 1 is 0.294 bits per heavy atom. The van der Waals surface area contributed by atoms with E-state index in [1.54, 1.807) is 18.2 Å². The van der Waals surface area contributed by atoms with Crippen LogP contribution in [0.3, 0.4) is 0 Å². The minimum atomic E-state index is -4.34. The predicted octanol–water partition coefficient (Wildman–Crippen LogP) is 10.0. The zero-order valence-corrected chi connectivity index (χ0v) is 38.9. The van der Waals surface area contributed by atoms with Gasteiger partial charge in [-0.3, -0.25) is 0 Å². The van der Waals surface area contributed by atoms with E-state index in [0.29, 0.717) is 10.4 Å². The number of hydrogen-bond acceptors (Lipinski definition) is 3. The average Bonchev–Trinajstić information content (AvgIpc) is 2.86. The molecule has 2 aromatic heterocycles. The molecule has 0 unspecified atom stereocenters. The third-order valence-electron chi connectivity index (χ3n) is 12.5. The molecule has 1 fully saturated rings. The summed E-state index contributed by atoms with van der Waals surface area (Å²) >= 11 is 0. The molecule has 13 rings (SSSR count). The first-order valence-electron chi connectivity index (χ1n) is 29.4. The minimum absolute atomic E-state index is 0.161. The highest BCUT2D eigenvalue weighted by Gasteiger charge is 2.67. The molecular weight excluding hydrogens is 881 g/mol. The molecule has 324 valence electrons. The number of rotatable bonds is 8. The maximum absolute atomic E-state index is 10.2.